The van der Waals surface area contributed by atoms with Gasteiger partial charge in [0.1, 0.15) is 5.69 Å². The van der Waals surface area contributed by atoms with Crippen molar-refractivity contribution in [3.63, 3.8) is 0 Å². The molecule has 2 aromatic rings. The molecular weight excluding hydrogens is 344 g/mol. The first-order valence-corrected chi connectivity index (χ1v) is 9.16. The quantitative estimate of drug-likeness (QED) is 0.843. The molecule has 27 heavy (non-hydrogen) atoms. The largest absolute Gasteiger partial charge is 0.359 e. The van der Waals surface area contributed by atoms with Gasteiger partial charge in [0.25, 0.3) is 0 Å². The fourth-order valence-electron chi connectivity index (χ4n) is 3.93. The lowest BCUT2D eigenvalue weighted by Gasteiger charge is -2.39. The molecule has 144 valence electrons. The van der Waals surface area contributed by atoms with Gasteiger partial charge in [0, 0.05) is 25.2 Å². The van der Waals surface area contributed by atoms with Crippen LogP contribution in [0.25, 0.3) is 11.4 Å². The van der Waals surface area contributed by atoms with Crippen molar-refractivity contribution < 1.29 is 14.1 Å². The van der Waals surface area contributed by atoms with Gasteiger partial charge in [0.05, 0.1) is 17.7 Å². The summed E-state index contributed by atoms with van der Waals surface area (Å²) in [6.07, 6.45) is 3.06. The molecule has 7 nitrogen and oxygen atoms in total. The summed E-state index contributed by atoms with van der Waals surface area (Å²) in [6.45, 7) is 6.17. The number of hydrogen-bond acceptors (Lipinski definition) is 5. The highest BCUT2D eigenvalue weighted by atomic mass is 16.5. The molecule has 1 saturated carbocycles. The third-order valence-corrected chi connectivity index (χ3v) is 6.20. The molecule has 0 saturated heterocycles. The van der Waals surface area contributed by atoms with Crippen molar-refractivity contribution in [2.75, 3.05) is 7.05 Å². The Hall–Kier alpha value is -2.70. The van der Waals surface area contributed by atoms with Gasteiger partial charge in [0.2, 0.25) is 11.8 Å². The zero-order valence-corrected chi connectivity index (χ0v) is 16.2. The number of rotatable bonds is 5. The Morgan fingerprint density at radius 2 is 2.04 bits per heavy atom. The van der Waals surface area contributed by atoms with Gasteiger partial charge in [-0.2, -0.15) is 0 Å². The topological polar surface area (TPSA) is 97.1 Å². The molecule has 7 heteroatoms. The molecule has 0 aliphatic heterocycles. The molecule has 2 amide bonds. The molecule has 2 N–H and O–H groups in total. The van der Waals surface area contributed by atoms with Gasteiger partial charge in [0.15, 0.2) is 5.76 Å². The Morgan fingerprint density at radius 3 is 2.70 bits per heavy atom. The Morgan fingerprint density at radius 1 is 1.26 bits per heavy atom. The summed E-state index contributed by atoms with van der Waals surface area (Å²) in [5, 5.41) is 9.68. The maximum atomic E-state index is 13.0. The van der Waals surface area contributed by atoms with Crippen LogP contribution in [0.15, 0.2) is 35.0 Å². The second-order valence-electron chi connectivity index (χ2n) is 7.84. The van der Waals surface area contributed by atoms with Gasteiger partial charge in [-0.25, -0.2) is 0 Å². The minimum atomic E-state index is -0.631. The van der Waals surface area contributed by atoms with Crippen LogP contribution < -0.4 is 10.6 Å². The molecule has 2 unspecified atom stereocenters. The Labute approximate surface area is 158 Å². The summed E-state index contributed by atoms with van der Waals surface area (Å²) in [4.78, 5) is 29.4. The molecule has 1 aliphatic rings. The van der Waals surface area contributed by atoms with Crippen LogP contribution in [0, 0.1) is 16.7 Å². The number of carbonyl (C=O) groups excluding carboxylic acids is 2. The minimum absolute atomic E-state index is 0.00763. The second kappa shape index (κ2) is 7.13. The summed E-state index contributed by atoms with van der Waals surface area (Å²) in [6, 6.07) is 7.34. The number of carbonyl (C=O) groups is 2. The Bertz CT molecular complexity index is 831. The molecule has 0 aromatic carbocycles. The van der Waals surface area contributed by atoms with E-state index in [9.17, 15) is 9.59 Å². The smallest absolute Gasteiger partial charge is 0.226 e. The lowest BCUT2D eigenvalue weighted by molar-refractivity contribution is -0.139. The first kappa shape index (κ1) is 19.1. The normalized spacial score (nSPS) is 23.8. The van der Waals surface area contributed by atoms with Gasteiger partial charge in [-0.1, -0.05) is 32.0 Å². The molecular formula is C20H26N4O3. The number of hydrogen-bond donors (Lipinski definition) is 2. The predicted octanol–water partition coefficient (Wildman–Crippen LogP) is 2.54. The monoisotopic (exact) mass is 370 g/mol. The van der Waals surface area contributed by atoms with Gasteiger partial charge in [-0.05, 0) is 30.4 Å². The standard InChI is InChI=1S/C20H26N4O3/c1-19(2)14(17(25)21-4)8-9-20(19,3)18(26)23-12-13-11-16(24-27-13)15-7-5-6-10-22-15/h5-7,10-11,14H,8-9,12H2,1-4H3,(H,21,25)(H,23,26). The van der Waals surface area contributed by atoms with Crippen LogP contribution in [0.3, 0.4) is 0 Å². The van der Waals surface area contributed by atoms with E-state index in [1.165, 1.54) is 0 Å². The van der Waals surface area contributed by atoms with E-state index >= 15 is 0 Å². The van der Waals surface area contributed by atoms with E-state index in [1.807, 2.05) is 39.0 Å². The molecule has 0 bridgehead atoms. The fourth-order valence-corrected chi connectivity index (χ4v) is 3.93. The fraction of sp³-hybridized carbons (Fsp3) is 0.500. The van der Waals surface area contributed by atoms with Crippen LogP contribution in [-0.4, -0.2) is 29.0 Å². The van der Waals surface area contributed by atoms with Crippen LogP contribution in [0.2, 0.25) is 0 Å². The Kier molecular flexibility index (Phi) is 5.04. The summed E-state index contributed by atoms with van der Waals surface area (Å²) in [7, 11) is 1.64. The molecule has 2 atom stereocenters. The number of nitrogens with one attached hydrogen (secondary N) is 2. The molecule has 0 spiro atoms. The molecule has 0 radical (unpaired) electrons. The zero-order valence-electron chi connectivity index (χ0n) is 16.2. The number of aromatic nitrogens is 2. The van der Waals surface area contributed by atoms with Crippen LogP contribution in [0.5, 0.6) is 0 Å². The van der Waals surface area contributed by atoms with E-state index in [1.54, 1.807) is 19.3 Å². The first-order chi connectivity index (χ1) is 12.8. The van der Waals surface area contributed by atoms with E-state index < -0.39 is 10.8 Å². The van der Waals surface area contributed by atoms with Gasteiger partial charge in [-0.15, -0.1) is 0 Å². The van der Waals surface area contributed by atoms with Crippen LogP contribution in [0.4, 0.5) is 0 Å². The maximum Gasteiger partial charge on any atom is 0.226 e. The van der Waals surface area contributed by atoms with Crippen molar-refractivity contribution in [2.24, 2.45) is 16.7 Å². The van der Waals surface area contributed by atoms with Crippen molar-refractivity contribution in [3.05, 3.63) is 36.2 Å². The molecule has 3 rings (SSSR count). The van der Waals surface area contributed by atoms with Gasteiger partial charge < -0.3 is 15.2 Å². The number of amides is 2. The minimum Gasteiger partial charge on any atom is -0.359 e. The number of nitrogens with zero attached hydrogens (tertiary/aromatic N) is 2. The average molecular weight is 370 g/mol. The summed E-state index contributed by atoms with van der Waals surface area (Å²) in [5.41, 5.74) is 0.272. The van der Waals surface area contributed by atoms with Crippen molar-refractivity contribution >= 4 is 11.8 Å². The lowest BCUT2D eigenvalue weighted by Crippen LogP contribution is -2.49. The molecule has 2 heterocycles. The van der Waals surface area contributed by atoms with Crippen molar-refractivity contribution in [3.8, 4) is 11.4 Å². The molecule has 1 aliphatic carbocycles. The van der Waals surface area contributed by atoms with E-state index in [-0.39, 0.29) is 24.3 Å². The molecule has 2 aromatic heterocycles. The van der Waals surface area contributed by atoms with E-state index in [0.717, 1.165) is 5.69 Å². The highest BCUT2D eigenvalue weighted by Crippen LogP contribution is 2.56. The summed E-state index contributed by atoms with van der Waals surface area (Å²) in [5.74, 6) is 0.298. The third kappa shape index (κ3) is 3.34. The third-order valence-electron chi connectivity index (χ3n) is 6.20. The van der Waals surface area contributed by atoms with Crippen molar-refractivity contribution in [2.45, 2.75) is 40.2 Å². The Balaban J connectivity index is 1.67. The maximum absolute atomic E-state index is 13.0. The SMILES string of the molecule is CNC(=O)C1CCC(C)(C(=O)NCc2cc(-c3ccccn3)no2)C1(C)C. The first-order valence-electron chi connectivity index (χ1n) is 9.16. The van der Waals surface area contributed by atoms with E-state index in [0.29, 0.717) is 24.3 Å². The lowest BCUT2D eigenvalue weighted by atomic mass is 9.65. The highest BCUT2D eigenvalue weighted by molar-refractivity contribution is 5.87. The molecule has 1 fully saturated rings. The van der Waals surface area contributed by atoms with Crippen LogP contribution >= 0.6 is 0 Å². The summed E-state index contributed by atoms with van der Waals surface area (Å²) < 4.78 is 5.32. The highest BCUT2D eigenvalue weighted by Gasteiger charge is 2.57. The van der Waals surface area contributed by atoms with E-state index in [2.05, 4.69) is 20.8 Å². The predicted molar refractivity (Wildman–Crippen MR) is 100 cm³/mol. The van der Waals surface area contributed by atoms with Gasteiger partial charge >= 0.3 is 0 Å². The van der Waals surface area contributed by atoms with Crippen molar-refractivity contribution in [1.29, 1.82) is 0 Å². The summed E-state index contributed by atoms with van der Waals surface area (Å²) >= 11 is 0. The second-order valence-corrected chi connectivity index (χ2v) is 7.84. The van der Waals surface area contributed by atoms with Crippen molar-refractivity contribution in [1.82, 2.24) is 20.8 Å². The van der Waals surface area contributed by atoms with Crippen LogP contribution in [0.1, 0.15) is 39.4 Å². The zero-order chi connectivity index (χ0) is 19.7. The van der Waals surface area contributed by atoms with Crippen LogP contribution in [-0.2, 0) is 16.1 Å². The average Bonchev–Trinajstić information content (AvgIpc) is 3.23. The number of pyridine rings is 1. The van der Waals surface area contributed by atoms with E-state index in [4.69, 9.17) is 4.52 Å². The van der Waals surface area contributed by atoms with Gasteiger partial charge in [-0.3, -0.25) is 14.6 Å².